The number of aryl methyl sites for hydroxylation is 1. The van der Waals surface area contributed by atoms with Gasteiger partial charge < -0.3 is 18.6 Å². The van der Waals surface area contributed by atoms with Crippen LogP contribution in [-0.2, 0) is 16.1 Å². The van der Waals surface area contributed by atoms with Gasteiger partial charge in [-0.1, -0.05) is 23.7 Å². The molecular formula is C22H22ClNO6. The minimum atomic E-state index is -0.496. The van der Waals surface area contributed by atoms with Crippen molar-refractivity contribution < 1.29 is 23.4 Å². The number of carbonyl (C=O) groups excluding carboxylic acids is 1. The van der Waals surface area contributed by atoms with Crippen LogP contribution in [0.15, 0.2) is 51.7 Å². The van der Waals surface area contributed by atoms with Gasteiger partial charge in [-0.25, -0.2) is 9.59 Å². The quantitative estimate of drug-likeness (QED) is 0.285. The number of carbonyl (C=O) groups is 1. The predicted molar refractivity (Wildman–Crippen MR) is 114 cm³/mol. The summed E-state index contributed by atoms with van der Waals surface area (Å²) < 4.78 is 22.7. The Morgan fingerprint density at radius 3 is 2.83 bits per heavy atom. The van der Waals surface area contributed by atoms with E-state index in [-0.39, 0.29) is 6.61 Å². The van der Waals surface area contributed by atoms with Crippen molar-refractivity contribution in [3.63, 3.8) is 0 Å². The Kier molecular flexibility index (Phi) is 7.19. The summed E-state index contributed by atoms with van der Waals surface area (Å²) in [5.41, 5.74) is 1.93. The molecule has 0 aliphatic carbocycles. The molecule has 158 valence electrons. The monoisotopic (exact) mass is 431 g/mol. The highest BCUT2D eigenvalue weighted by Crippen LogP contribution is 2.36. The Morgan fingerprint density at radius 2 is 2.07 bits per heavy atom. The standard InChI is InChI=1S/C22H22ClNO6/c1-3-28-19-14-15(13-16(23)21(19)27-2)9-10-20(25)29-12-6-11-24-17-7-4-5-8-18(17)30-22(24)26/h4-5,7-10,13-14H,3,6,11-12H2,1-2H3/b10-9+. The number of hydrogen-bond acceptors (Lipinski definition) is 6. The first kappa shape index (κ1) is 21.5. The molecule has 1 heterocycles. The molecule has 0 atom stereocenters. The molecule has 0 aliphatic rings. The SMILES string of the molecule is CCOc1cc(/C=C/C(=O)OCCCn2c(=O)oc3ccccc32)cc(Cl)c1OC. The molecule has 0 amide bonds. The van der Waals surface area contributed by atoms with Gasteiger partial charge in [0.1, 0.15) is 0 Å². The molecule has 2 aromatic carbocycles. The highest BCUT2D eigenvalue weighted by molar-refractivity contribution is 6.32. The fraction of sp³-hybridized carbons (Fsp3) is 0.273. The molecular weight excluding hydrogens is 410 g/mol. The topological polar surface area (TPSA) is 79.9 Å². The zero-order valence-electron chi connectivity index (χ0n) is 16.7. The van der Waals surface area contributed by atoms with Crippen LogP contribution >= 0.6 is 11.6 Å². The van der Waals surface area contributed by atoms with Crippen molar-refractivity contribution in [2.24, 2.45) is 0 Å². The summed E-state index contributed by atoms with van der Waals surface area (Å²) in [5, 5.41) is 0.384. The maximum atomic E-state index is 12.0. The van der Waals surface area contributed by atoms with Gasteiger partial charge in [-0.15, -0.1) is 0 Å². The van der Waals surface area contributed by atoms with E-state index in [0.717, 1.165) is 5.52 Å². The lowest BCUT2D eigenvalue weighted by Crippen LogP contribution is -2.15. The number of benzene rings is 2. The van der Waals surface area contributed by atoms with Crippen LogP contribution in [0.3, 0.4) is 0 Å². The van der Waals surface area contributed by atoms with Crippen molar-refractivity contribution in [2.75, 3.05) is 20.3 Å². The molecule has 30 heavy (non-hydrogen) atoms. The summed E-state index contributed by atoms with van der Waals surface area (Å²) >= 11 is 6.20. The van der Waals surface area contributed by atoms with E-state index in [1.165, 1.54) is 17.8 Å². The molecule has 3 aromatic rings. The minimum absolute atomic E-state index is 0.169. The minimum Gasteiger partial charge on any atom is -0.491 e. The molecule has 0 saturated carbocycles. The largest absolute Gasteiger partial charge is 0.491 e. The number of methoxy groups -OCH3 is 1. The van der Waals surface area contributed by atoms with E-state index in [1.54, 1.807) is 30.3 Å². The molecule has 0 N–H and O–H groups in total. The van der Waals surface area contributed by atoms with E-state index in [9.17, 15) is 9.59 Å². The van der Waals surface area contributed by atoms with Crippen molar-refractivity contribution >= 4 is 34.7 Å². The summed E-state index contributed by atoms with van der Waals surface area (Å²) in [6.45, 7) is 2.87. The van der Waals surface area contributed by atoms with Gasteiger partial charge in [0.15, 0.2) is 17.1 Å². The predicted octanol–water partition coefficient (Wildman–Crippen LogP) is 4.30. The second kappa shape index (κ2) is 10.0. The smallest absolute Gasteiger partial charge is 0.419 e. The Labute approximate surface area is 178 Å². The van der Waals surface area contributed by atoms with Crippen LogP contribution in [0.1, 0.15) is 18.9 Å². The molecule has 7 nitrogen and oxygen atoms in total. The summed E-state index contributed by atoms with van der Waals surface area (Å²) in [4.78, 5) is 23.9. The van der Waals surface area contributed by atoms with Gasteiger partial charge in [-0.05, 0) is 49.2 Å². The lowest BCUT2D eigenvalue weighted by molar-refractivity contribution is -0.137. The van der Waals surface area contributed by atoms with Gasteiger partial charge in [0.2, 0.25) is 0 Å². The van der Waals surface area contributed by atoms with E-state index < -0.39 is 11.7 Å². The number of para-hydroxylation sites is 2. The van der Waals surface area contributed by atoms with E-state index >= 15 is 0 Å². The van der Waals surface area contributed by atoms with E-state index in [0.29, 0.717) is 47.2 Å². The first-order chi connectivity index (χ1) is 14.5. The van der Waals surface area contributed by atoms with Crippen LogP contribution < -0.4 is 15.2 Å². The van der Waals surface area contributed by atoms with Crippen molar-refractivity contribution in [2.45, 2.75) is 19.9 Å². The number of halogens is 1. The number of hydrogen-bond donors (Lipinski definition) is 0. The van der Waals surface area contributed by atoms with E-state index in [1.807, 2.05) is 19.1 Å². The molecule has 0 spiro atoms. The summed E-state index contributed by atoms with van der Waals surface area (Å²) in [5.74, 6) is 0.0202. The highest BCUT2D eigenvalue weighted by Gasteiger charge is 2.11. The Hall–Kier alpha value is -3.19. The van der Waals surface area contributed by atoms with Crippen molar-refractivity contribution in [1.82, 2.24) is 4.57 Å². The summed E-state index contributed by atoms with van der Waals surface area (Å²) in [7, 11) is 1.51. The number of oxazole rings is 1. The van der Waals surface area contributed by atoms with Gasteiger partial charge >= 0.3 is 11.7 Å². The Balaban J connectivity index is 1.55. The number of rotatable bonds is 9. The number of aromatic nitrogens is 1. The third-order valence-electron chi connectivity index (χ3n) is 4.29. The van der Waals surface area contributed by atoms with Crippen LogP contribution in [-0.4, -0.2) is 30.9 Å². The number of esters is 1. The lowest BCUT2D eigenvalue weighted by atomic mass is 10.2. The van der Waals surface area contributed by atoms with Crippen LogP contribution in [0.25, 0.3) is 17.2 Å². The average molecular weight is 432 g/mol. The third kappa shape index (κ3) is 5.04. The Bertz CT molecular complexity index is 1110. The van der Waals surface area contributed by atoms with Crippen LogP contribution in [0.2, 0.25) is 5.02 Å². The second-order valence-electron chi connectivity index (χ2n) is 6.31. The van der Waals surface area contributed by atoms with E-state index in [2.05, 4.69) is 0 Å². The summed E-state index contributed by atoms with van der Waals surface area (Å²) in [6.07, 6.45) is 3.38. The highest BCUT2D eigenvalue weighted by atomic mass is 35.5. The fourth-order valence-electron chi connectivity index (χ4n) is 2.98. The maximum absolute atomic E-state index is 12.0. The molecule has 0 aliphatic heterocycles. The molecule has 0 radical (unpaired) electrons. The van der Waals surface area contributed by atoms with Crippen molar-refractivity contribution in [1.29, 1.82) is 0 Å². The fourth-order valence-corrected chi connectivity index (χ4v) is 3.27. The normalized spacial score (nSPS) is 11.2. The lowest BCUT2D eigenvalue weighted by Gasteiger charge is -2.11. The van der Waals surface area contributed by atoms with Crippen molar-refractivity contribution in [3.8, 4) is 11.5 Å². The molecule has 0 saturated heterocycles. The van der Waals surface area contributed by atoms with Crippen LogP contribution in [0.4, 0.5) is 0 Å². The molecule has 0 unspecified atom stereocenters. The van der Waals surface area contributed by atoms with E-state index in [4.69, 9.17) is 30.2 Å². The maximum Gasteiger partial charge on any atom is 0.419 e. The van der Waals surface area contributed by atoms with Gasteiger partial charge in [-0.2, -0.15) is 0 Å². The van der Waals surface area contributed by atoms with Gasteiger partial charge in [-0.3, -0.25) is 4.57 Å². The number of ether oxygens (including phenoxy) is 3. The first-order valence-electron chi connectivity index (χ1n) is 9.47. The van der Waals surface area contributed by atoms with Gasteiger partial charge in [0, 0.05) is 12.6 Å². The van der Waals surface area contributed by atoms with Gasteiger partial charge in [0.05, 0.1) is 30.9 Å². The van der Waals surface area contributed by atoms with Crippen molar-refractivity contribution in [3.05, 3.63) is 63.6 Å². The number of nitrogens with zero attached hydrogens (tertiary/aromatic N) is 1. The second-order valence-corrected chi connectivity index (χ2v) is 6.72. The van der Waals surface area contributed by atoms with Crippen LogP contribution in [0, 0.1) is 0 Å². The molecule has 0 bridgehead atoms. The molecule has 8 heteroatoms. The van der Waals surface area contributed by atoms with Crippen LogP contribution in [0.5, 0.6) is 11.5 Å². The van der Waals surface area contributed by atoms with Gasteiger partial charge in [0.25, 0.3) is 0 Å². The molecule has 1 aromatic heterocycles. The molecule has 3 rings (SSSR count). The number of fused-ring (bicyclic) bond motifs is 1. The zero-order valence-corrected chi connectivity index (χ0v) is 17.5. The molecule has 0 fully saturated rings. The Morgan fingerprint density at radius 1 is 1.27 bits per heavy atom. The average Bonchev–Trinajstić information content (AvgIpc) is 3.05. The third-order valence-corrected chi connectivity index (χ3v) is 4.57. The first-order valence-corrected chi connectivity index (χ1v) is 9.84. The summed E-state index contributed by atoms with van der Waals surface area (Å²) in [6, 6.07) is 10.6. The zero-order chi connectivity index (χ0) is 21.5.